The van der Waals surface area contributed by atoms with E-state index >= 15 is 0 Å². The molecule has 6 nitrogen and oxygen atoms in total. The summed E-state index contributed by atoms with van der Waals surface area (Å²) in [4.78, 5) is 3.99. The van der Waals surface area contributed by atoms with Crippen LogP contribution < -0.4 is 5.32 Å². The second-order valence-electron chi connectivity index (χ2n) is 4.51. The number of piperidine rings is 1. The van der Waals surface area contributed by atoms with Gasteiger partial charge in [-0.1, -0.05) is 0 Å². The van der Waals surface area contributed by atoms with Crippen molar-refractivity contribution < 1.29 is 8.42 Å². The molecule has 0 unspecified atom stereocenters. The van der Waals surface area contributed by atoms with Crippen molar-refractivity contribution in [3.8, 4) is 0 Å². The molecule has 102 valence electrons. The van der Waals surface area contributed by atoms with Crippen molar-refractivity contribution in [1.29, 1.82) is 0 Å². The van der Waals surface area contributed by atoms with Gasteiger partial charge in [0.15, 0.2) is 5.03 Å². The van der Waals surface area contributed by atoms with Crippen LogP contribution in [0.3, 0.4) is 0 Å². The second-order valence-corrected chi connectivity index (χ2v) is 6.39. The van der Waals surface area contributed by atoms with Crippen molar-refractivity contribution >= 4 is 10.0 Å². The van der Waals surface area contributed by atoms with Gasteiger partial charge in [0.2, 0.25) is 0 Å². The zero-order valence-electron chi connectivity index (χ0n) is 10.8. The molecular formula is C11H20N4O2S. The SMILES string of the molecule is CCn1cnc(S(=O)(=O)N2CCC(NC)CC2)c1. The molecule has 7 heteroatoms. The maximum absolute atomic E-state index is 12.3. The van der Waals surface area contributed by atoms with E-state index in [4.69, 9.17) is 0 Å². The number of aryl methyl sites for hydroxylation is 1. The Morgan fingerprint density at radius 2 is 2.11 bits per heavy atom. The lowest BCUT2D eigenvalue weighted by atomic mass is 10.1. The highest BCUT2D eigenvalue weighted by atomic mass is 32.2. The summed E-state index contributed by atoms with van der Waals surface area (Å²) in [6, 6.07) is 0.421. The zero-order chi connectivity index (χ0) is 13.2. The lowest BCUT2D eigenvalue weighted by Crippen LogP contribution is -2.43. The van der Waals surface area contributed by atoms with Crippen molar-refractivity contribution in [2.75, 3.05) is 20.1 Å². The molecule has 1 aromatic heterocycles. The first-order chi connectivity index (χ1) is 8.57. The van der Waals surface area contributed by atoms with Gasteiger partial charge in [-0.3, -0.25) is 0 Å². The quantitative estimate of drug-likeness (QED) is 0.854. The molecule has 18 heavy (non-hydrogen) atoms. The summed E-state index contributed by atoms with van der Waals surface area (Å²) in [6.07, 6.45) is 4.86. The van der Waals surface area contributed by atoms with E-state index in [1.54, 1.807) is 17.1 Å². The normalized spacial score (nSPS) is 19.2. The smallest absolute Gasteiger partial charge is 0.262 e. The van der Waals surface area contributed by atoms with Gasteiger partial charge in [0.25, 0.3) is 10.0 Å². The first kappa shape index (κ1) is 13.5. The van der Waals surface area contributed by atoms with E-state index in [0.717, 1.165) is 19.4 Å². The van der Waals surface area contributed by atoms with Gasteiger partial charge in [-0.15, -0.1) is 0 Å². The Balaban J connectivity index is 2.12. The fraction of sp³-hybridized carbons (Fsp3) is 0.727. The molecule has 2 rings (SSSR count). The molecular weight excluding hydrogens is 252 g/mol. The van der Waals surface area contributed by atoms with E-state index in [2.05, 4.69) is 10.3 Å². The lowest BCUT2D eigenvalue weighted by molar-refractivity contribution is 0.298. The summed E-state index contributed by atoms with van der Waals surface area (Å²) in [5.74, 6) is 0. The van der Waals surface area contributed by atoms with Crippen LogP contribution in [-0.2, 0) is 16.6 Å². The molecule has 0 aliphatic carbocycles. The Kier molecular flexibility index (Phi) is 4.04. The zero-order valence-corrected chi connectivity index (χ0v) is 11.7. The molecule has 0 aromatic carbocycles. The molecule has 0 bridgehead atoms. The molecule has 2 heterocycles. The average Bonchev–Trinajstić information content (AvgIpc) is 2.88. The van der Waals surface area contributed by atoms with Crippen LogP contribution in [0.1, 0.15) is 19.8 Å². The van der Waals surface area contributed by atoms with E-state index in [1.807, 2.05) is 14.0 Å². The van der Waals surface area contributed by atoms with E-state index < -0.39 is 10.0 Å². The number of nitrogens with zero attached hydrogens (tertiary/aromatic N) is 3. The summed E-state index contributed by atoms with van der Waals surface area (Å²) in [5.41, 5.74) is 0. The van der Waals surface area contributed by atoms with E-state index in [9.17, 15) is 8.42 Å². The first-order valence-electron chi connectivity index (χ1n) is 6.27. The van der Waals surface area contributed by atoms with Crippen molar-refractivity contribution in [1.82, 2.24) is 19.2 Å². The van der Waals surface area contributed by atoms with Crippen molar-refractivity contribution in [2.45, 2.75) is 37.4 Å². The fourth-order valence-electron chi connectivity index (χ4n) is 2.16. The van der Waals surface area contributed by atoms with Gasteiger partial charge < -0.3 is 9.88 Å². The summed E-state index contributed by atoms with van der Waals surface area (Å²) >= 11 is 0. The van der Waals surface area contributed by atoms with Crippen molar-refractivity contribution in [2.24, 2.45) is 0 Å². The molecule has 0 spiro atoms. The molecule has 1 saturated heterocycles. The highest BCUT2D eigenvalue weighted by Crippen LogP contribution is 2.19. The predicted molar refractivity (Wildman–Crippen MR) is 68.7 cm³/mol. The Bertz CT molecular complexity index is 489. The van der Waals surface area contributed by atoms with Crippen LogP contribution >= 0.6 is 0 Å². The van der Waals surface area contributed by atoms with Crippen LogP contribution in [0.5, 0.6) is 0 Å². The molecule has 1 N–H and O–H groups in total. The Morgan fingerprint density at radius 3 is 2.61 bits per heavy atom. The fourth-order valence-corrected chi connectivity index (χ4v) is 3.57. The van der Waals surface area contributed by atoms with Gasteiger partial charge in [-0.05, 0) is 26.8 Å². The minimum absolute atomic E-state index is 0.159. The predicted octanol–water partition coefficient (Wildman–Crippen LogP) is 0.275. The number of aromatic nitrogens is 2. The second kappa shape index (κ2) is 5.38. The van der Waals surface area contributed by atoms with Gasteiger partial charge in [-0.25, -0.2) is 13.4 Å². The molecule has 1 aliphatic heterocycles. The van der Waals surface area contributed by atoms with Crippen LogP contribution in [0.25, 0.3) is 0 Å². The van der Waals surface area contributed by atoms with Gasteiger partial charge >= 0.3 is 0 Å². The summed E-state index contributed by atoms with van der Waals surface area (Å²) in [7, 11) is -1.49. The number of hydrogen-bond donors (Lipinski definition) is 1. The Hall–Kier alpha value is -0.920. The maximum Gasteiger partial charge on any atom is 0.262 e. The van der Waals surface area contributed by atoms with Crippen LogP contribution in [0.4, 0.5) is 0 Å². The average molecular weight is 272 g/mol. The standard InChI is InChI=1S/C11H20N4O2S/c1-3-14-8-11(13-9-14)18(16,17)15-6-4-10(12-2)5-7-15/h8-10,12H,3-7H2,1-2H3. The molecule has 0 saturated carbocycles. The minimum Gasteiger partial charge on any atom is -0.336 e. The van der Waals surface area contributed by atoms with Crippen LogP contribution in [0.2, 0.25) is 0 Å². The minimum atomic E-state index is -3.41. The lowest BCUT2D eigenvalue weighted by Gasteiger charge is -2.30. The van der Waals surface area contributed by atoms with Crippen molar-refractivity contribution in [3.05, 3.63) is 12.5 Å². The number of imidazole rings is 1. The Morgan fingerprint density at radius 1 is 1.44 bits per heavy atom. The number of nitrogens with one attached hydrogen (secondary N) is 1. The third kappa shape index (κ3) is 2.57. The van der Waals surface area contributed by atoms with E-state index in [1.165, 1.54) is 4.31 Å². The van der Waals surface area contributed by atoms with E-state index in [0.29, 0.717) is 19.1 Å². The molecule has 0 atom stereocenters. The third-order valence-electron chi connectivity index (χ3n) is 3.44. The number of hydrogen-bond acceptors (Lipinski definition) is 4. The first-order valence-corrected chi connectivity index (χ1v) is 7.71. The van der Waals surface area contributed by atoms with Crippen LogP contribution in [0, 0.1) is 0 Å². The topological polar surface area (TPSA) is 67.2 Å². The molecule has 1 aromatic rings. The monoisotopic (exact) mass is 272 g/mol. The van der Waals surface area contributed by atoms with Gasteiger partial charge in [0.05, 0.1) is 6.33 Å². The van der Waals surface area contributed by atoms with Crippen LogP contribution in [-0.4, -0.2) is 48.5 Å². The summed E-state index contributed by atoms with van der Waals surface area (Å²) < 4.78 is 28.0. The largest absolute Gasteiger partial charge is 0.336 e. The van der Waals surface area contributed by atoms with Gasteiger partial charge in [-0.2, -0.15) is 4.31 Å². The summed E-state index contributed by atoms with van der Waals surface area (Å²) in [5, 5.41) is 3.35. The number of sulfonamides is 1. The van der Waals surface area contributed by atoms with E-state index in [-0.39, 0.29) is 5.03 Å². The molecule has 1 aliphatic rings. The third-order valence-corrected chi connectivity index (χ3v) is 5.23. The van der Waals surface area contributed by atoms with Gasteiger partial charge in [0.1, 0.15) is 0 Å². The number of rotatable bonds is 4. The summed E-state index contributed by atoms with van der Waals surface area (Å²) in [6.45, 7) is 3.81. The molecule has 0 amide bonds. The van der Waals surface area contributed by atoms with Gasteiger partial charge in [0, 0.05) is 31.9 Å². The highest BCUT2D eigenvalue weighted by Gasteiger charge is 2.30. The van der Waals surface area contributed by atoms with Crippen molar-refractivity contribution in [3.63, 3.8) is 0 Å². The molecule has 1 fully saturated rings. The van der Waals surface area contributed by atoms with Crippen LogP contribution in [0.15, 0.2) is 17.6 Å². The highest BCUT2D eigenvalue weighted by molar-refractivity contribution is 7.89. The molecule has 0 radical (unpaired) electrons. The maximum atomic E-state index is 12.3. The Labute approximate surface area is 108 Å².